The van der Waals surface area contributed by atoms with Gasteiger partial charge in [0.2, 0.25) is 0 Å². The van der Waals surface area contributed by atoms with Crippen molar-refractivity contribution in [3.8, 4) is 17.2 Å². The minimum atomic E-state index is -0.771. The second kappa shape index (κ2) is 10.8. The van der Waals surface area contributed by atoms with Crippen molar-refractivity contribution in [2.24, 2.45) is 5.73 Å². The zero-order chi connectivity index (χ0) is 26.6. The molecule has 0 aliphatic rings. The van der Waals surface area contributed by atoms with Crippen LogP contribution < -0.4 is 20.5 Å². The highest BCUT2D eigenvalue weighted by Crippen LogP contribution is 2.32. The van der Waals surface area contributed by atoms with E-state index < -0.39 is 6.04 Å². The Balaban J connectivity index is 1.61. The number of nitrogens with one attached hydrogen (secondary N) is 2. The van der Waals surface area contributed by atoms with Crippen LogP contribution in [-0.4, -0.2) is 41.3 Å². The SMILES string of the molecule is COc1cc(NC(C(=O)c2c[nH]c3ccc(CCN)cc23)c2cc(C)n(-c3ccccc3)n2)cc(OC)c1. The summed E-state index contributed by atoms with van der Waals surface area (Å²) < 4.78 is 12.7. The van der Waals surface area contributed by atoms with Gasteiger partial charge in [-0.25, -0.2) is 4.68 Å². The number of para-hydroxylation sites is 1. The molecule has 0 saturated carbocycles. The maximum atomic E-state index is 14.2. The summed E-state index contributed by atoms with van der Waals surface area (Å²) in [5, 5.41) is 9.13. The van der Waals surface area contributed by atoms with Gasteiger partial charge in [-0.2, -0.15) is 5.10 Å². The van der Waals surface area contributed by atoms with Crippen LogP contribution in [0, 0.1) is 6.92 Å². The number of methoxy groups -OCH3 is 2. The molecule has 194 valence electrons. The molecule has 2 aromatic heterocycles. The van der Waals surface area contributed by atoms with Crippen molar-refractivity contribution >= 4 is 22.4 Å². The predicted molar refractivity (Wildman–Crippen MR) is 150 cm³/mol. The predicted octanol–water partition coefficient (Wildman–Crippen LogP) is 5.22. The molecule has 0 aliphatic carbocycles. The monoisotopic (exact) mass is 509 g/mol. The third-order valence-electron chi connectivity index (χ3n) is 6.57. The number of nitrogens with two attached hydrogens (primary N) is 1. The van der Waals surface area contributed by atoms with Crippen molar-refractivity contribution in [1.82, 2.24) is 14.8 Å². The average Bonchev–Trinajstić information content (AvgIpc) is 3.55. The summed E-state index contributed by atoms with van der Waals surface area (Å²) in [6, 6.07) is 22.5. The fourth-order valence-corrected chi connectivity index (χ4v) is 4.65. The van der Waals surface area contributed by atoms with Crippen LogP contribution in [0.15, 0.2) is 79.0 Å². The minimum Gasteiger partial charge on any atom is -0.497 e. The first-order chi connectivity index (χ1) is 18.5. The van der Waals surface area contributed by atoms with Crippen molar-refractivity contribution in [1.29, 1.82) is 0 Å². The number of hydrogen-bond donors (Lipinski definition) is 3. The van der Waals surface area contributed by atoms with E-state index in [1.54, 1.807) is 26.5 Å². The second-order valence-electron chi connectivity index (χ2n) is 9.12. The number of fused-ring (bicyclic) bond motifs is 1. The fourth-order valence-electron chi connectivity index (χ4n) is 4.65. The van der Waals surface area contributed by atoms with Gasteiger partial charge >= 0.3 is 0 Å². The maximum absolute atomic E-state index is 14.2. The normalized spacial score (nSPS) is 11.9. The number of rotatable bonds is 10. The van der Waals surface area contributed by atoms with Gasteiger partial charge in [0, 0.05) is 52.2 Å². The number of hydrogen-bond acceptors (Lipinski definition) is 6. The molecule has 0 bridgehead atoms. The maximum Gasteiger partial charge on any atom is 0.193 e. The Hall–Kier alpha value is -4.56. The molecule has 0 radical (unpaired) electrons. The van der Waals surface area contributed by atoms with Crippen LogP contribution in [0.3, 0.4) is 0 Å². The molecule has 38 heavy (non-hydrogen) atoms. The van der Waals surface area contributed by atoms with Crippen LogP contribution in [0.4, 0.5) is 5.69 Å². The highest BCUT2D eigenvalue weighted by atomic mass is 16.5. The van der Waals surface area contributed by atoms with E-state index in [0.717, 1.165) is 34.3 Å². The molecule has 0 aliphatic heterocycles. The molecule has 8 heteroatoms. The summed E-state index contributed by atoms with van der Waals surface area (Å²) in [5.41, 5.74) is 11.5. The Kier molecular flexibility index (Phi) is 7.15. The van der Waals surface area contributed by atoms with Gasteiger partial charge in [0.05, 0.1) is 25.6 Å². The molecule has 0 saturated heterocycles. The lowest BCUT2D eigenvalue weighted by molar-refractivity contribution is 0.0969. The molecule has 0 fully saturated rings. The molecule has 5 aromatic rings. The van der Waals surface area contributed by atoms with Gasteiger partial charge < -0.3 is 25.5 Å². The first-order valence-corrected chi connectivity index (χ1v) is 12.5. The Morgan fingerprint density at radius 1 is 1.03 bits per heavy atom. The van der Waals surface area contributed by atoms with E-state index in [4.69, 9.17) is 20.3 Å². The fraction of sp³-hybridized carbons (Fsp3) is 0.200. The van der Waals surface area contributed by atoms with E-state index >= 15 is 0 Å². The number of nitrogens with zero attached hydrogens (tertiary/aromatic N) is 2. The third-order valence-corrected chi connectivity index (χ3v) is 6.57. The number of carbonyl (C=O) groups is 1. The number of benzene rings is 3. The van der Waals surface area contributed by atoms with Gasteiger partial charge in [0.25, 0.3) is 0 Å². The van der Waals surface area contributed by atoms with E-state index in [0.29, 0.717) is 35.0 Å². The molecule has 5 rings (SSSR count). The molecule has 1 unspecified atom stereocenters. The van der Waals surface area contributed by atoms with E-state index in [2.05, 4.69) is 10.3 Å². The van der Waals surface area contributed by atoms with Crippen molar-refractivity contribution in [3.63, 3.8) is 0 Å². The van der Waals surface area contributed by atoms with Gasteiger partial charge in [-0.15, -0.1) is 0 Å². The summed E-state index contributed by atoms with van der Waals surface area (Å²) in [7, 11) is 3.19. The molecule has 4 N–H and O–H groups in total. The number of aromatic nitrogens is 3. The quantitative estimate of drug-likeness (QED) is 0.223. The van der Waals surface area contributed by atoms with Crippen LogP contribution >= 0.6 is 0 Å². The van der Waals surface area contributed by atoms with Gasteiger partial charge in [-0.05, 0) is 55.8 Å². The van der Waals surface area contributed by atoms with Crippen LogP contribution in [0.2, 0.25) is 0 Å². The van der Waals surface area contributed by atoms with E-state index in [9.17, 15) is 4.79 Å². The Morgan fingerprint density at radius 2 is 1.76 bits per heavy atom. The Morgan fingerprint density at radius 3 is 2.45 bits per heavy atom. The van der Waals surface area contributed by atoms with Gasteiger partial charge in [-0.1, -0.05) is 24.3 Å². The number of H-pyrrole nitrogens is 1. The van der Waals surface area contributed by atoms with E-state index in [1.165, 1.54) is 0 Å². The smallest absolute Gasteiger partial charge is 0.193 e. The lowest BCUT2D eigenvalue weighted by Gasteiger charge is -2.18. The summed E-state index contributed by atoms with van der Waals surface area (Å²) in [6.45, 7) is 2.52. The molecule has 1 atom stereocenters. The molecule has 2 heterocycles. The lowest BCUT2D eigenvalue weighted by Crippen LogP contribution is -2.22. The number of ether oxygens (including phenoxy) is 2. The highest BCUT2D eigenvalue weighted by Gasteiger charge is 2.28. The number of ketones is 1. The summed E-state index contributed by atoms with van der Waals surface area (Å²) >= 11 is 0. The minimum absolute atomic E-state index is 0.111. The third kappa shape index (κ3) is 4.99. The average molecular weight is 510 g/mol. The standard InChI is InChI=1S/C30H31N5O3/c1-19-13-28(34-35(19)22-7-5-4-6-8-22)29(33-21-15-23(37-2)17-24(16-21)38-3)30(36)26-18-32-27-10-9-20(11-12-31)14-25(26)27/h4-10,13-18,29,32-33H,11-12,31H2,1-3H3. The van der Waals surface area contributed by atoms with Crippen molar-refractivity contribution in [3.05, 3.63) is 102 Å². The number of Topliss-reactive ketones (excluding diaryl/α,β-unsaturated/α-hetero) is 1. The first-order valence-electron chi connectivity index (χ1n) is 12.5. The summed E-state index contributed by atoms with van der Waals surface area (Å²) in [5.74, 6) is 1.12. The zero-order valence-electron chi connectivity index (χ0n) is 21.7. The first kappa shape index (κ1) is 25.1. The lowest BCUT2D eigenvalue weighted by atomic mass is 9.98. The molecular formula is C30H31N5O3. The van der Waals surface area contributed by atoms with Crippen molar-refractivity contribution < 1.29 is 14.3 Å². The largest absolute Gasteiger partial charge is 0.497 e. The molecule has 0 spiro atoms. The Labute approximate surface area is 221 Å². The number of carbonyl (C=O) groups excluding carboxylic acids is 1. The second-order valence-corrected chi connectivity index (χ2v) is 9.12. The van der Waals surface area contributed by atoms with E-state index in [1.807, 2.05) is 78.3 Å². The van der Waals surface area contributed by atoms with E-state index in [-0.39, 0.29) is 5.78 Å². The number of aryl methyl sites for hydroxylation is 1. The van der Waals surface area contributed by atoms with Crippen molar-refractivity contribution in [2.45, 2.75) is 19.4 Å². The van der Waals surface area contributed by atoms with Crippen LogP contribution in [0.5, 0.6) is 11.5 Å². The summed E-state index contributed by atoms with van der Waals surface area (Å²) in [6.07, 6.45) is 2.50. The van der Waals surface area contributed by atoms with Gasteiger partial charge in [0.1, 0.15) is 17.5 Å². The molecule has 0 amide bonds. The molecular weight excluding hydrogens is 478 g/mol. The molecule has 8 nitrogen and oxygen atoms in total. The Bertz CT molecular complexity index is 1550. The van der Waals surface area contributed by atoms with Gasteiger partial charge in [-0.3, -0.25) is 4.79 Å². The topological polar surface area (TPSA) is 107 Å². The van der Waals surface area contributed by atoms with Gasteiger partial charge in [0.15, 0.2) is 5.78 Å². The zero-order valence-corrected chi connectivity index (χ0v) is 21.7. The van der Waals surface area contributed by atoms with Crippen LogP contribution in [0.25, 0.3) is 16.6 Å². The number of anilines is 1. The summed E-state index contributed by atoms with van der Waals surface area (Å²) in [4.78, 5) is 17.5. The van der Waals surface area contributed by atoms with Crippen LogP contribution in [0.1, 0.15) is 33.4 Å². The highest BCUT2D eigenvalue weighted by molar-refractivity contribution is 6.11. The van der Waals surface area contributed by atoms with Crippen molar-refractivity contribution in [2.75, 3.05) is 26.1 Å². The van der Waals surface area contributed by atoms with Crippen LogP contribution in [-0.2, 0) is 6.42 Å². The number of aromatic amines is 1. The molecule has 3 aromatic carbocycles.